The van der Waals surface area contributed by atoms with E-state index in [2.05, 4.69) is 4.98 Å². The molecule has 1 atom stereocenters. The van der Waals surface area contributed by atoms with Crippen LogP contribution in [0.25, 0.3) is 16.6 Å². The third-order valence-electron chi connectivity index (χ3n) is 5.00. The SMILES string of the molecule is CC(C)(O)c1ccc2cc(-n3ccc(OCC4=CCC(F)C=C4)cc3=O)ccc2n1. The predicted octanol–water partition coefficient (Wildman–Crippen LogP) is 4.22. The van der Waals surface area contributed by atoms with E-state index in [1.165, 1.54) is 16.7 Å². The number of halogens is 1. The molecular weight excluding hydrogens is 383 g/mol. The van der Waals surface area contributed by atoms with E-state index in [9.17, 15) is 14.3 Å². The average molecular weight is 406 g/mol. The third kappa shape index (κ3) is 4.33. The van der Waals surface area contributed by atoms with Crippen LogP contribution in [0.4, 0.5) is 4.39 Å². The van der Waals surface area contributed by atoms with Gasteiger partial charge in [-0.2, -0.15) is 0 Å². The molecular formula is C24H23FN2O3. The Morgan fingerprint density at radius 1 is 1.23 bits per heavy atom. The number of allylic oxidation sites excluding steroid dienone is 2. The Bertz CT molecular complexity index is 1210. The van der Waals surface area contributed by atoms with Crippen molar-refractivity contribution in [3.05, 3.63) is 88.5 Å². The number of pyridine rings is 2. The second kappa shape index (κ2) is 7.88. The van der Waals surface area contributed by atoms with Gasteiger partial charge in [0.1, 0.15) is 24.1 Å². The Morgan fingerprint density at radius 3 is 2.77 bits per heavy atom. The van der Waals surface area contributed by atoms with Gasteiger partial charge in [0.2, 0.25) is 0 Å². The molecule has 0 saturated heterocycles. The van der Waals surface area contributed by atoms with Crippen LogP contribution >= 0.6 is 0 Å². The zero-order valence-corrected chi connectivity index (χ0v) is 16.9. The normalized spacial score (nSPS) is 16.5. The Balaban J connectivity index is 1.54. The van der Waals surface area contributed by atoms with Gasteiger partial charge in [0.05, 0.1) is 11.2 Å². The summed E-state index contributed by atoms with van der Waals surface area (Å²) in [6.07, 6.45) is 6.11. The molecule has 0 bridgehead atoms. The molecule has 1 unspecified atom stereocenters. The fourth-order valence-corrected chi connectivity index (χ4v) is 3.28. The monoisotopic (exact) mass is 406 g/mol. The number of fused-ring (bicyclic) bond motifs is 1. The van der Waals surface area contributed by atoms with Gasteiger partial charge in [-0.3, -0.25) is 9.36 Å². The molecule has 4 rings (SSSR count). The van der Waals surface area contributed by atoms with Crippen LogP contribution in [0.1, 0.15) is 26.0 Å². The molecule has 1 N–H and O–H groups in total. The van der Waals surface area contributed by atoms with Crippen molar-refractivity contribution in [2.45, 2.75) is 32.0 Å². The van der Waals surface area contributed by atoms with Gasteiger partial charge in [-0.1, -0.05) is 24.3 Å². The van der Waals surface area contributed by atoms with Crippen LogP contribution in [0.15, 0.2) is 77.3 Å². The summed E-state index contributed by atoms with van der Waals surface area (Å²) in [6, 6.07) is 12.4. The first-order valence-electron chi connectivity index (χ1n) is 9.80. The zero-order valence-electron chi connectivity index (χ0n) is 16.9. The minimum absolute atomic E-state index is 0.218. The summed E-state index contributed by atoms with van der Waals surface area (Å²) < 4.78 is 20.3. The fourth-order valence-electron chi connectivity index (χ4n) is 3.28. The van der Waals surface area contributed by atoms with Gasteiger partial charge in [0, 0.05) is 29.8 Å². The quantitative estimate of drug-likeness (QED) is 0.689. The summed E-state index contributed by atoms with van der Waals surface area (Å²) in [7, 11) is 0. The smallest absolute Gasteiger partial charge is 0.258 e. The van der Waals surface area contributed by atoms with E-state index >= 15 is 0 Å². The van der Waals surface area contributed by atoms with Crippen LogP contribution in [0.5, 0.6) is 5.75 Å². The molecule has 0 spiro atoms. The number of nitrogens with zero attached hydrogens (tertiary/aromatic N) is 2. The molecule has 0 aliphatic heterocycles. The molecule has 0 saturated carbocycles. The molecule has 154 valence electrons. The maximum absolute atomic E-state index is 13.1. The van der Waals surface area contributed by atoms with E-state index in [0.717, 1.165) is 16.5 Å². The number of hydrogen-bond donors (Lipinski definition) is 1. The topological polar surface area (TPSA) is 64.3 Å². The first-order chi connectivity index (χ1) is 14.3. The molecule has 6 heteroatoms. The van der Waals surface area contributed by atoms with Gasteiger partial charge < -0.3 is 9.84 Å². The standard InChI is InChI=1S/C24H23FN2O3/c1-24(2,29)22-10-5-17-13-19(8-9-21(17)26-22)27-12-11-20(14-23(27)28)30-15-16-3-6-18(25)7-4-16/h3-6,8-14,18,29H,7,15H2,1-2H3. The second-order valence-electron chi connectivity index (χ2n) is 7.88. The maximum atomic E-state index is 13.1. The minimum atomic E-state index is -1.02. The third-order valence-corrected chi connectivity index (χ3v) is 5.00. The highest BCUT2D eigenvalue weighted by Gasteiger charge is 2.18. The van der Waals surface area contributed by atoms with Crippen LogP contribution in [-0.2, 0) is 5.60 Å². The van der Waals surface area contributed by atoms with Crippen molar-refractivity contribution in [3.63, 3.8) is 0 Å². The van der Waals surface area contributed by atoms with Crippen molar-refractivity contribution in [1.82, 2.24) is 9.55 Å². The zero-order chi connectivity index (χ0) is 21.3. The lowest BCUT2D eigenvalue weighted by Gasteiger charge is -2.17. The fraction of sp³-hybridized carbons (Fsp3) is 0.250. The van der Waals surface area contributed by atoms with Crippen molar-refractivity contribution in [1.29, 1.82) is 0 Å². The molecule has 30 heavy (non-hydrogen) atoms. The van der Waals surface area contributed by atoms with Crippen LogP contribution in [0, 0.1) is 0 Å². The maximum Gasteiger partial charge on any atom is 0.258 e. The van der Waals surface area contributed by atoms with E-state index in [4.69, 9.17) is 4.74 Å². The lowest BCUT2D eigenvalue weighted by atomic mass is 10.0. The molecule has 2 heterocycles. The predicted molar refractivity (Wildman–Crippen MR) is 115 cm³/mol. The van der Waals surface area contributed by atoms with Crippen LogP contribution in [0.2, 0.25) is 0 Å². The lowest BCUT2D eigenvalue weighted by molar-refractivity contribution is 0.0742. The van der Waals surface area contributed by atoms with Gasteiger partial charge in [0.25, 0.3) is 5.56 Å². The van der Waals surface area contributed by atoms with Crippen molar-refractivity contribution < 1.29 is 14.2 Å². The molecule has 1 aromatic carbocycles. The molecule has 1 aliphatic carbocycles. The summed E-state index contributed by atoms with van der Waals surface area (Å²) in [5.41, 5.74) is 1.70. The van der Waals surface area contributed by atoms with Gasteiger partial charge in [-0.05, 0) is 49.8 Å². The summed E-state index contributed by atoms with van der Waals surface area (Å²) in [5.74, 6) is 0.463. The highest BCUT2D eigenvalue weighted by Crippen LogP contribution is 2.23. The number of aliphatic hydroxyl groups is 1. The lowest BCUT2D eigenvalue weighted by Crippen LogP contribution is -2.18. The summed E-state index contributed by atoms with van der Waals surface area (Å²) >= 11 is 0. The number of hydrogen-bond acceptors (Lipinski definition) is 4. The summed E-state index contributed by atoms with van der Waals surface area (Å²) in [6.45, 7) is 3.67. The first kappa shape index (κ1) is 20.0. The van der Waals surface area contributed by atoms with Crippen LogP contribution in [-0.4, -0.2) is 27.4 Å². The second-order valence-corrected chi connectivity index (χ2v) is 7.88. The van der Waals surface area contributed by atoms with E-state index in [-0.39, 0.29) is 12.2 Å². The van der Waals surface area contributed by atoms with Gasteiger partial charge >= 0.3 is 0 Å². The van der Waals surface area contributed by atoms with Crippen LogP contribution < -0.4 is 10.3 Å². The Morgan fingerprint density at radius 2 is 2.07 bits per heavy atom. The summed E-state index contributed by atoms with van der Waals surface area (Å²) in [4.78, 5) is 17.1. The van der Waals surface area contributed by atoms with E-state index in [1.54, 1.807) is 44.3 Å². The minimum Gasteiger partial charge on any atom is -0.489 e. The Kier molecular flexibility index (Phi) is 5.26. The number of benzene rings is 1. The van der Waals surface area contributed by atoms with Gasteiger partial charge in [0.15, 0.2) is 0 Å². The summed E-state index contributed by atoms with van der Waals surface area (Å²) in [5, 5.41) is 11.0. The number of ether oxygens (including phenoxy) is 1. The van der Waals surface area contributed by atoms with Crippen LogP contribution in [0.3, 0.4) is 0 Å². The molecule has 5 nitrogen and oxygen atoms in total. The van der Waals surface area contributed by atoms with Crippen molar-refractivity contribution in [3.8, 4) is 11.4 Å². The van der Waals surface area contributed by atoms with Crippen molar-refractivity contribution >= 4 is 10.9 Å². The average Bonchev–Trinajstić information content (AvgIpc) is 2.72. The van der Waals surface area contributed by atoms with Gasteiger partial charge in [-0.15, -0.1) is 0 Å². The number of aromatic nitrogens is 2. The highest BCUT2D eigenvalue weighted by atomic mass is 19.1. The molecule has 2 aromatic heterocycles. The van der Waals surface area contributed by atoms with Crippen molar-refractivity contribution in [2.75, 3.05) is 6.61 Å². The molecule has 1 aliphatic rings. The molecule has 0 radical (unpaired) electrons. The van der Waals surface area contributed by atoms with Gasteiger partial charge in [-0.25, -0.2) is 9.37 Å². The van der Waals surface area contributed by atoms with E-state index in [0.29, 0.717) is 23.6 Å². The first-order valence-corrected chi connectivity index (χ1v) is 9.80. The van der Waals surface area contributed by atoms with Crippen molar-refractivity contribution in [2.24, 2.45) is 0 Å². The Labute approximate surface area is 173 Å². The highest BCUT2D eigenvalue weighted by molar-refractivity contribution is 5.81. The molecule has 0 fully saturated rings. The molecule has 0 amide bonds. The number of alkyl halides is 1. The Hall–Kier alpha value is -3.25. The molecule has 3 aromatic rings. The van der Waals surface area contributed by atoms with E-state index in [1.807, 2.05) is 24.3 Å². The largest absolute Gasteiger partial charge is 0.489 e. The van der Waals surface area contributed by atoms with E-state index < -0.39 is 11.8 Å². The number of rotatable bonds is 5.